The molecular weight excluding hydrogens is 378 g/mol. The molecule has 1 aromatic heterocycles. The first-order valence-electron chi connectivity index (χ1n) is 10.0. The highest BCUT2D eigenvalue weighted by Crippen LogP contribution is 2.21. The summed E-state index contributed by atoms with van der Waals surface area (Å²) >= 11 is 0. The lowest BCUT2D eigenvalue weighted by molar-refractivity contribution is -0.120. The van der Waals surface area contributed by atoms with Crippen molar-refractivity contribution in [1.82, 2.24) is 14.8 Å². The standard InChI is InChI=1S/C24H25N3O3/c1-30-21-10-5-9-19(13-21)14-23(28)25-15-20-17-26-12-6-11-22(26)24(29)27(20)16-18-7-3-2-4-8-18/h2-13,20H,14-17H2,1H3,(H,25,28). The van der Waals surface area contributed by atoms with Gasteiger partial charge in [-0.05, 0) is 35.4 Å². The van der Waals surface area contributed by atoms with E-state index in [0.717, 1.165) is 16.9 Å². The van der Waals surface area contributed by atoms with E-state index in [0.29, 0.717) is 25.3 Å². The molecule has 6 nitrogen and oxygen atoms in total. The van der Waals surface area contributed by atoms with E-state index >= 15 is 0 Å². The zero-order valence-electron chi connectivity index (χ0n) is 17.0. The number of amides is 2. The lowest BCUT2D eigenvalue weighted by Gasteiger charge is -2.37. The van der Waals surface area contributed by atoms with E-state index in [1.807, 2.05) is 82.4 Å². The van der Waals surface area contributed by atoms with Gasteiger partial charge in [-0.15, -0.1) is 0 Å². The first-order chi connectivity index (χ1) is 14.6. The van der Waals surface area contributed by atoms with Crippen LogP contribution in [0.15, 0.2) is 72.9 Å². The Balaban J connectivity index is 1.45. The highest BCUT2D eigenvalue weighted by molar-refractivity contribution is 5.93. The summed E-state index contributed by atoms with van der Waals surface area (Å²) in [6, 6.07) is 21.0. The van der Waals surface area contributed by atoms with Gasteiger partial charge >= 0.3 is 0 Å². The van der Waals surface area contributed by atoms with Gasteiger partial charge in [0, 0.05) is 25.8 Å². The van der Waals surface area contributed by atoms with Crippen molar-refractivity contribution in [2.75, 3.05) is 13.7 Å². The van der Waals surface area contributed by atoms with Crippen LogP contribution >= 0.6 is 0 Å². The molecule has 2 amide bonds. The molecule has 0 aliphatic carbocycles. The zero-order valence-corrected chi connectivity index (χ0v) is 17.0. The molecule has 1 unspecified atom stereocenters. The van der Waals surface area contributed by atoms with Crippen molar-refractivity contribution in [3.05, 3.63) is 89.7 Å². The van der Waals surface area contributed by atoms with Crippen molar-refractivity contribution in [3.8, 4) is 5.75 Å². The normalized spacial score (nSPS) is 15.6. The highest BCUT2D eigenvalue weighted by Gasteiger charge is 2.32. The third-order valence-corrected chi connectivity index (χ3v) is 5.39. The summed E-state index contributed by atoms with van der Waals surface area (Å²) in [5.74, 6) is 0.642. The molecular formula is C24H25N3O3. The first-order valence-corrected chi connectivity index (χ1v) is 10.0. The maximum absolute atomic E-state index is 13.1. The Morgan fingerprint density at radius 2 is 1.87 bits per heavy atom. The van der Waals surface area contributed by atoms with Crippen molar-refractivity contribution in [1.29, 1.82) is 0 Å². The third kappa shape index (κ3) is 4.38. The minimum atomic E-state index is -0.119. The smallest absolute Gasteiger partial charge is 0.271 e. The second kappa shape index (κ2) is 8.86. The number of carbonyl (C=O) groups is 2. The van der Waals surface area contributed by atoms with Crippen LogP contribution in [0.2, 0.25) is 0 Å². The van der Waals surface area contributed by atoms with Crippen LogP contribution in [0.25, 0.3) is 0 Å². The fraction of sp³-hybridized carbons (Fsp3) is 0.250. The van der Waals surface area contributed by atoms with Crippen LogP contribution in [0.3, 0.4) is 0 Å². The van der Waals surface area contributed by atoms with E-state index in [1.54, 1.807) is 7.11 Å². The molecule has 0 radical (unpaired) electrons. The van der Waals surface area contributed by atoms with Crippen molar-refractivity contribution in [2.24, 2.45) is 0 Å². The topological polar surface area (TPSA) is 63.6 Å². The van der Waals surface area contributed by atoms with E-state index in [9.17, 15) is 9.59 Å². The van der Waals surface area contributed by atoms with Crippen LogP contribution in [0, 0.1) is 0 Å². The van der Waals surface area contributed by atoms with E-state index < -0.39 is 0 Å². The largest absolute Gasteiger partial charge is 0.497 e. The van der Waals surface area contributed by atoms with Crippen molar-refractivity contribution < 1.29 is 14.3 Å². The summed E-state index contributed by atoms with van der Waals surface area (Å²) in [6.07, 6.45) is 2.18. The van der Waals surface area contributed by atoms with Crippen molar-refractivity contribution in [3.63, 3.8) is 0 Å². The number of fused-ring (bicyclic) bond motifs is 1. The molecule has 6 heteroatoms. The number of rotatable bonds is 7. The quantitative estimate of drug-likeness (QED) is 0.660. The molecule has 0 fully saturated rings. The maximum Gasteiger partial charge on any atom is 0.271 e. The van der Waals surface area contributed by atoms with Crippen molar-refractivity contribution >= 4 is 11.8 Å². The fourth-order valence-electron chi connectivity index (χ4n) is 3.82. The molecule has 2 heterocycles. The number of nitrogens with zero attached hydrogens (tertiary/aromatic N) is 2. The first kappa shape index (κ1) is 19.8. The second-order valence-electron chi connectivity index (χ2n) is 7.45. The number of benzene rings is 2. The number of carbonyl (C=O) groups excluding carboxylic acids is 2. The Morgan fingerprint density at radius 3 is 2.67 bits per heavy atom. The summed E-state index contributed by atoms with van der Waals surface area (Å²) in [6.45, 7) is 1.57. The lowest BCUT2D eigenvalue weighted by Crippen LogP contribution is -2.52. The molecule has 0 saturated heterocycles. The predicted octanol–water partition coefficient (Wildman–Crippen LogP) is 2.88. The average Bonchev–Trinajstić information content (AvgIpc) is 3.24. The third-order valence-electron chi connectivity index (χ3n) is 5.39. The second-order valence-corrected chi connectivity index (χ2v) is 7.45. The van der Waals surface area contributed by atoms with E-state index in [4.69, 9.17) is 4.74 Å². The molecule has 154 valence electrons. The van der Waals surface area contributed by atoms with Crippen LogP contribution < -0.4 is 10.1 Å². The number of methoxy groups -OCH3 is 1. The minimum Gasteiger partial charge on any atom is -0.497 e. The SMILES string of the molecule is COc1cccc(CC(=O)NCC2Cn3cccc3C(=O)N2Cc2ccccc2)c1. The Morgan fingerprint density at radius 1 is 1.07 bits per heavy atom. The fourth-order valence-corrected chi connectivity index (χ4v) is 3.82. The molecule has 1 atom stereocenters. The van der Waals surface area contributed by atoms with Gasteiger partial charge < -0.3 is 19.5 Å². The van der Waals surface area contributed by atoms with Crippen LogP contribution in [0.4, 0.5) is 0 Å². The number of nitrogens with one attached hydrogen (secondary N) is 1. The van der Waals surface area contributed by atoms with Crippen molar-refractivity contribution in [2.45, 2.75) is 25.6 Å². The van der Waals surface area contributed by atoms with Gasteiger partial charge in [-0.2, -0.15) is 0 Å². The van der Waals surface area contributed by atoms with Gasteiger partial charge in [-0.3, -0.25) is 9.59 Å². The van der Waals surface area contributed by atoms with Gasteiger partial charge in [0.1, 0.15) is 11.4 Å². The van der Waals surface area contributed by atoms with E-state index in [1.165, 1.54) is 0 Å². The Bertz CT molecular complexity index is 1030. The van der Waals surface area contributed by atoms with Crippen LogP contribution in [-0.2, 0) is 24.3 Å². The summed E-state index contributed by atoms with van der Waals surface area (Å²) in [7, 11) is 1.61. The maximum atomic E-state index is 13.1. The molecule has 1 aliphatic rings. The van der Waals surface area contributed by atoms with E-state index in [2.05, 4.69) is 5.32 Å². The Hall–Kier alpha value is -3.54. The summed E-state index contributed by atoms with van der Waals surface area (Å²) in [5.41, 5.74) is 2.64. The Kier molecular flexibility index (Phi) is 5.84. The molecule has 0 saturated carbocycles. The minimum absolute atomic E-state index is 0.0119. The summed E-state index contributed by atoms with van der Waals surface area (Å²) < 4.78 is 7.18. The molecule has 2 aromatic carbocycles. The van der Waals surface area contributed by atoms with Gasteiger partial charge in [-0.1, -0.05) is 42.5 Å². The predicted molar refractivity (Wildman–Crippen MR) is 114 cm³/mol. The molecule has 0 bridgehead atoms. The number of hydrogen-bond donors (Lipinski definition) is 1. The average molecular weight is 403 g/mol. The number of ether oxygens (including phenoxy) is 1. The van der Waals surface area contributed by atoms with Gasteiger partial charge in [0.25, 0.3) is 5.91 Å². The monoisotopic (exact) mass is 403 g/mol. The van der Waals surface area contributed by atoms with Crippen LogP contribution in [0.1, 0.15) is 21.6 Å². The molecule has 3 aromatic rings. The van der Waals surface area contributed by atoms with Gasteiger partial charge in [-0.25, -0.2) is 0 Å². The van der Waals surface area contributed by atoms with Crippen LogP contribution in [-0.4, -0.2) is 41.0 Å². The summed E-state index contributed by atoms with van der Waals surface area (Å²) in [4.78, 5) is 27.5. The van der Waals surface area contributed by atoms with Gasteiger partial charge in [0.2, 0.25) is 5.91 Å². The molecule has 1 N–H and O–H groups in total. The number of aromatic nitrogens is 1. The highest BCUT2D eigenvalue weighted by atomic mass is 16.5. The number of hydrogen-bond acceptors (Lipinski definition) is 3. The Labute approximate surface area is 176 Å². The molecule has 1 aliphatic heterocycles. The molecule has 4 rings (SSSR count). The lowest BCUT2D eigenvalue weighted by atomic mass is 10.1. The summed E-state index contributed by atoms with van der Waals surface area (Å²) in [5, 5.41) is 3.01. The van der Waals surface area contributed by atoms with Crippen LogP contribution in [0.5, 0.6) is 5.75 Å². The van der Waals surface area contributed by atoms with Gasteiger partial charge in [0.05, 0.1) is 19.6 Å². The molecule has 0 spiro atoms. The molecule has 30 heavy (non-hydrogen) atoms. The van der Waals surface area contributed by atoms with Gasteiger partial charge in [0.15, 0.2) is 0 Å². The van der Waals surface area contributed by atoms with E-state index in [-0.39, 0.29) is 24.3 Å². The zero-order chi connectivity index (χ0) is 20.9.